The van der Waals surface area contributed by atoms with Crippen molar-refractivity contribution in [2.45, 2.75) is 6.54 Å². The Bertz CT molecular complexity index is 1110. The fourth-order valence-corrected chi connectivity index (χ4v) is 4.02. The largest absolute Gasteiger partial charge is 0.491 e. The molecule has 0 unspecified atom stereocenters. The number of nitrogens with two attached hydrogens (primary N) is 1. The SMILES string of the molecule is C#CNC1=C(/C(=N\CN)c2c(Cl)cc(Cl)cc2OCCn2cccn2)CN(C(=O)NCCO)C1. The Balaban J connectivity index is 1.95. The maximum absolute atomic E-state index is 12.5. The number of amides is 2. The van der Waals surface area contributed by atoms with E-state index < -0.39 is 0 Å². The molecule has 1 aromatic heterocycles. The summed E-state index contributed by atoms with van der Waals surface area (Å²) in [5.41, 5.74) is 7.96. The summed E-state index contributed by atoms with van der Waals surface area (Å²) >= 11 is 12.9. The highest BCUT2D eigenvalue weighted by Gasteiger charge is 2.31. The molecule has 2 aromatic rings. The molecule has 0 aliphatic carbocycles. The molecule has 0 radical (unpaired) electrons. The highest BCUT2D eigenvalue weighted by molar-refractivity contribution is 6.38. The number of hydrogen-bond acceptors (Lipinski definition) is 7. The number of nitrogens with zero attached hydrogens (tertiary/aromatic N) is 4. The van der Waals surface area contributed by atoms with Crippen LogP contribution in [0.5, 0.6) is 5.75 Å². The molecular formula is C22H25Cl2N7O3. The van der Waals surface area contributed by atoms with Gasteiger partial charge in [0.05, 0.1) is 49.2 Å². The minimum Gasteiger partial charge on any atom is -0.491 e. The lowest BCUT2D eigenvalue weighted by atomic mass is 10.0. The molecule has 12 heteroatoms. The lowest BCUT2D eigenvalue weighted by Crippen LogP contribution is -2.40. The van der Waals surface area contributed by atoms with Crippen molar-refractivity contribution in [2.24, 2.45) is 10.7 Å². The zero-order chi connectivity index (χ0) is 24.5. The van der Waals surface area contributed by atoms with Crippen molar-refractivity contribution >= 4 is 34.9 Å². The second-order valence-corrected chi connectivity index (χ2v) is 7.95. The molecule has 2 amide bonds. The van der Waals surface area contributed by atoms with Crippen molar-refractivity contribution in [3.05, 3.63) is 57.5 Å². The van der Waals surface area contributed by atoms with E-state index >= 15 is 0 Å². The van der Waals surface area contributed by atoms with Crippen molar-refractivity contribution in [3.63, 3.8) is 0 Å². The molecule has 1 aliphatic heterocycles. The summed E-state index contributed by atoms with van der Waals surface area (Å²) in [6.07, 6.45) is 9.00. The molecule has 0 bridgehead atoms. The summed E-state index contributed by atoms with van der Waals surface area (Å²) < 4.78 is 7.76. The fraction of sp³-hybridized carbons (Fsp3) is 0.318. The van der Waals surface area contributed by atoms with E-state index in [0.717, 1.165) is 0 Å². The standard InChI is InChI=1S/C22H25Cl2N7O3/c1-2-26-18-13-30(22(33)27-5-8-32)12-16(18)21(28-14-25)20-17(24)10-15(23)11-19(20)34-9-7-31-6-3-4-29-31/h1,3-4,6,10-11,26,32H,5,7-9,12-14,25H2,(H,27,33)/b28-21+. The minimum atomic E-state index is -0.356. The van der Waals surface area contributed by atoms with E-state index in [1.54, 1.807) is 23.0 Å². The number of aliphatic hydroxyl groups excluding tert-OH is 1. The van der Waals surface area contributed by atoms with Crippen LogP contribution in [0.1, 0.15) is 5.56 Å². The molecule has 0 spiro atoms. The molecule has 1 aliphatic rings. The quantitative estimate of drug-likeness (QED) is 0.219. The second kappa shape index (κ2) is 12.3. The Kier molecular flexibility index (Phi) is 9.18. The maximum Gasteiger partial charge on any atom is 0.318 e. The molecule has 180 valence electrons. The highest BCUT2D eigenvalue weighted by atomic mass is 35.5. The number of aliphatic hydroxyl groups is 1. The molecule has 3 rings (SSSR count). The van der Waals surface area contributed by atoms with Crippen LogP contribution < -0.4 is 21.1 Å². The number of aliphatic imine (C=N–C) groups is 1. The lowest BCUT2D eigenvalue weighted by Gasteiger charge is -2.19. The van der Waals surface area contributed by atoms with Crippen molar-refractivity contribution in [3.8, 4) is 18.2 Å². The molecule has 0 saturated heterocycles. The number of nitrogens with one attached hydrogen (secondary N) is 2. The zero-order valence-electron chi connectivity index (χ0n) is 18.3. The summed E-state index contributed by atoms with van der Waals surface area (Å²) in [5.74, 6) is 0.410. The number of benzene rings is 1. The van der Waals surface area contributed by atoms with E-state index in [1.807, 2.05) is 12.3 Å². The van der Waals surface area contributed by atoms with Crippen molar-refractivity contribution in [1.29, 1.82) is 0 Å². The number of halogens is 2. The first kappa shape index (κ1) is 25.4. The zero-order valence-corrected chi connectivity index (χ0v) is 19.8. The first-order chi connectivity index (χ1) is 16.5. The third-order valence-electron chi connectivity index (χ3n) is 4.89. The topological polar surface area (TPSA) is 130 Å². The van der Waals surface area contributed by atoms with Gasteiger partial charge in [0.25, 0.3) is 0 Å². The Morgan fingerprint density at radius 3 is 2.88 bits per heavy atom. The van der Waals surface area contributed by atoms with Gasteiger partial charge in [0.2, 0.25) is 0 Å². The van der Waals surface area contributed by atoms with Gasteiger partial charge in [0.1, 0.15) is 12.4 Å². The average molecular weight is 506 g/mol. The number of ether oxygens (including phenoxy) is 1. The molecule has 0 fully saturated rings. The molecule has 0 atom stereocenters. The van der Waals surface area contributed by atoms with Gasteiger partial charge in [0.15, 0.2) is 0 Å². The average Bonchev–Trinajstić information content (AvgIpc) is 3.47. The first-order valence-corrected chi connectivity index (χ1v) is 11.2. The van der Waals surface area contributed by atoms with Gasteiger partial charge < -0.3 is 31.1 Å². The lowest BCUT2D eigenvalue weighted by molar-refractivity contribution is 0.204. The molecule has 10 nitrogen and oxygen atoms in total. The fourth-order valence-electron chi connectivity index (χ4n) is 3.46. The third-order valence-corrected chi connectivity index (χ3v) is 5.40. The van der Waals surface area contributed by atoms with Crippen molar-refractivity contribution < 1.29 is 14.6 Å². The molecule has 5 N–H and O–H groups in total. The van der Waals surface area contributed by atoms with Gasteiger partial charge in [-0.15, -0.1) is 0 Å². The van der Waals surface area contributed by atoms with Crippen LogP contribution >= 0.6 is 23.2 Å². The van der Waals surface area contributed by atoms with Crippen LogP contribution in [0.4, 0.5) is 4.79 Å². The van der Waals surface area contributed by atoms with E-state index in [4.69, 9.17) is 45.2 Å². The van der Waals surface area contributed by atoms with Crippen molar-refractivity contribution in [2.75, 3.05) is 39.5 Å². The molecule has 0 saturated carbocycles. The maximum atomic E-state index is 12.5. The van der Waals surface area contributed by atoms with E-state index in [-0.39, 0.29) is 38.9 Å². The van der Waals surface area contributed by atoms with Crippen molar-refractivity contribution in [1.82, 2.24) is 25.3 Å². The van der Waals surface area contributed by atoms with Crippen LogP contribution in [0.25, 0.3) is 0 Å². The van der Waals surface area contributed by atoms with E-state index in [2.05, 4.69) is 26.8 Å². The number of aromatic nitrogens is 2. The molecule has 1 aromatic carbocycles. The van der Waals surface area contributed by atoms with Gasteiger partial charge in [-0.1, -0.05) is 29.6 Å². The summed E-state index contributed by atoms with van der Waals surface area (Å²) in [6.45, 7) is 1.12. The predicted molar refractivity (Wildman–Crippen MR) is 131 cm³/mol. The number of rotatable bonds is 10. The predicted octanol–water partition coefficient (Wildman–Crippen LogP) is 1.43. The van der Waals surface area contributed by atoms with Crippen LogP contribution in [0, 0.1) is 12.5 Å². The summed E-state index contributed by atoms with van der Waals surface area (Å²) in [6, 6.07) is 7.09. The molecular weight excluding hydrogens is 481 g/mol. The van der Waals surface area contributed by atoms with Crippen LogP contribution in [-0.4, -0.2) is 71.0 Å². The number of urea groups is 1. The van der Waals surface area contributed by atoms with E-state index in [1.165, 1.54) is 4.90 Å². The first-order valence-electron chi connectivity index (χ1n) is 10.4. The highest BCUT2D eigenvalue weighted by Crippen LogP contribution is 2.35. The Morgan fingerprint density at radius 2 is 2.21 bits per heavy atom. The van der Waals surface area contributed by atoms with Crippen LogP contribution in [-0.2, 0) is 6.54 Å². The summed E-state index contributed by atoms with van der Waals surface area (Å²) in [4.78, 5) is 18.5. The summed E-state index contributed by atoms with van der Waals surface area (Å²) in [7, 11) is 0. The van der Waals surface area contributed by atoms with Crippen LogP contribution in [0.3, 0.4) is 0 Å². The number of carbonyl (C=O) groups is 1. The number of carbonyl (C=O) groups excluding carboxylic acids is 1. The third kappa shape index (κ3) is 6.21. The van der Waals surface area contributed by atoms with Gasteiger partial charge in [-0.3, -0.25) is 9.67 Å². The van der Waals surface area contributed by atoms with Crippen LogP contribution in [0.15, 0.2) is 46.9 Å². The van der Waals surface area contributed by atoms with Gasteiger partial charge in [-0.05, 0) is 18.2 Å². The number of hydrogen-bond donors (Lipinski definition) is 4. The monoisotopic (exact) mass is 505 g/mol. The summed E-state index contributed by atoms with van der Waals surface area (Å²) in [5, 5.41) is 19.3. The molecule has 34 heavy (non-hydrogen) atoms. The Hall–Kier alpha value is -3.23. The Labute approximate surface area is 207 Å². The number of terminal acetylenes is 1. The second-order valence-electron chi connectivity index (χ2n) is 7.11. The normalized spacial score (nSPS) is 13.7. The van der Waals surface area contributed by atoms with Gasteiger partial charge in [-0.2, -0.15) is 5.10 Å². The van der Waals surface area contributed by atoms with E-state index in [9.17, 15) is 4.79 Å². The van der Waals surface area contributed by atoms with Gasteiger partial charge in [0, 0.05) is 41.3 Å². The molecule has 2 heterocycles. The van der Waals surface area contributed by atoms with E-state index in [0.29, 0.717) is 51.5 Å². The van der Waals surface area contributed by atoms with Gasteiger partial charge in [-0.25, -0.2) is 4.79 Å². The Morgan fingerprint density at radius 1 is 1.38 bits per heavy atom. The smallest absolute Gasteiger partial charge is 0.318 e. The minimum absolute atomic E-state index is 0.0371. The van der Waals surface area contributed by atoms with Gasteiger partial charge >= 0.3 is 6.03 Å². The van der Waals surface area contributed by atoms with Crippen LogP contribution in [0.2, 0.25) is 10.0 Å².